The zero-order chi connectivity index (χ0) is 16.7. The third kappa shape index (κ3) is 34.8. The van der Waals surface area contributed by atoms with Crippen LogP contribution in [0.1, 0.15) is 129 Å². The van der Waals surface area contributed by atoms with E-state index >= 15 is 0 Å². The van der Waals surface area contributed by atoms with Gasteiger partial charge in [-0.1, -0.05) is 117 Å². The summed E-state index contributed by atoms with van der Waals surface area (Å²) in [6.07, 6.45) is 24.8. The largest absolute Gasteiger partial charge is 2.00 e. The predicted molar refractivity (Wildman–Crippen MR) is 105 cm³/mol. The Morgan fingerprint density at radius 1 is 0.391 bits per heavy atom. The summed E-state index contributed by atoms with van der Waals surface area (Å²) in [5.41, 5.74) is 0. The van der Waals surface area contributed by atoms with Crippen molar-refractivity contribution in [1.82, 2.24) is 0 Å². The Balaban J connectivity index is -0.000000333. The van der Waals surface area contributed by atoms with Crippen molar-refractivity contribution in [1.29, 1.82) is 0 Å². The van der Waals surface area contributed by atoms with E-state index < -0.39 is 0 Å². The van der Waals surface area contributed by atoms with Gasteiger partial charge in [-0.3, -0.25) is 0 Å². The normalized spacial score (nSPS) is 9.91. The van der Waals surface area contributed by atoms with Gasteiger partial charge in [0.15, 0.2) is 0 Å². The van der Waals surface area contributed by atoms with Gasteiger partial charge in [0.05, 0.1) is 0 Å². The van der Waals surface area contributed by atoms with Crippen molar-refractivity contribution in [2.24, 2.45) is 0 Å². The van der Waals surface area contributed by atoms with Crippen LogP contribution in [0.15, 0.2) is 0 Å². The molecule has 0 nitrogen and oxygen atoms in total. The van der Waals surface area contributed by atoms with E-state index in [2.05, 4.69) is 27.7 Å². The molecule has 0 atom stereocenters. The van der Waals surface area contributed by atoms with E-state index in [1.54, 1.807) is 0 Å². The molecule has 1 heteroatoms. The van der Waals surface area contributed by atoms with Crippen molar-refractivity contribution >= 4 is 0 Å². The second-order valence-corrected chi connectivity index (χ2v) is 6.66. The van der Waals surface area contributed by atoms with Crippen molar-refractivity contribution in [2.75, 3.05) is 0 Å². The molecule has 0 aromatic heterocycles. The number of rotatable bonds is 16. The van der Waals surface area contributed by atoms with E-state index in [0.29, 0.717) is 0 Å². The molecule has 0 saturated carbocycles. The molecule has 0 aliphatic carbocycles. The van der Waals surface area contributed by atoms with Crippen LogP contribution in [0.3, 0.4) is 0 Å². The molecule has 136 valence electrons. The van der Waals surface area contributed by atoms with Gasteiger partial charge < -0.3 is 13.8 Å². The minimum absolute atomic E-state index is 0. The fourth-order valence-corrected chi connectivity index (χ4v) is 2.62. The van der Waals surface area contributed by atoms with Crippen LogP contribution >= 0.6 is 0 Å². The molecule has 0 rings (SSSR count). The Bertz CT molecular complexity index is 122. The third-order valence-electron chi connectivity index (χ3n) is 4.21. The van der Waals surface area contributed by atoms with E-state index in [1.807, 2.05) is 0 Å². The SMILES string of the molecule is [CH2-]CCCCCCCCCC.[CH2-]CCCCCCCCCC.[Zn+2]. The van der Waals surface area contributed by atoms with Crippen molar-refractivity contribution < 1.29 is 19.5 Å². The summed E-state index contributed by atoms with van der Waals surface area (Å²) in [5.74, 6) is 0. The minimum atomic E-state index is 0. The Labute approximate surface area is 162 Å². The molecule has 23 heavy (non-hydrogen) atoms. The molecule has 0 aromatic carbocycles. The summed E-state index contributed by atoms with van der Waals surface area (Å²) in [4.78, 5) is 0. The predicted octanol–water partition coefficient (Wildman–Crippen LogP) is 8.70. The van der Waals surface area contributed by atoms with Crippen molar-refractivity contribution in [2.45, 2.75) is 129 Å². The van der Waals surface area contributed by atoms with Gasteiger partial charge >= 0.3 is 19.5 Å². The number of unbranched alkanes of at least 4 members (excludes halogenated alkanes) is 16. The maximum atomic E-state index is 3.83. The van der Waals surface area contributed by atoms with E-state index in [-0.39, 0.29) is 19.5 Å². The average molecular weight is 376 g/mol. The summed E-state index contributed by atoms with van der Waals surface area (Å²) in [5, 5.41) is 0. The van der Waals surface area contributed by atoms with Crippen LogP contribution in [0.2, 0.25) is 0 Å². The molecule has 0 aromatic rings. The summed E-state index contributed by atoms with van der Waals surface area (Å²) < 4.78 is 0. The molecule has 0 saturated heterocycles. The fourth-order valence-electron chi connectivity index (χ4n) is 2.62. The van der Waals surface area contributed by atoms with Gasteiger partial charge in [0, 0.05) is 0 Å². The minimum Gasteiger partial charge on any atom is -0.343 e. The van der Waals surface area contributed by atoms with Gasteiger partial charge in [0.1, 0.15) is 0 Å². The molecule has 0 fully saturated rings. The van der Waals surface area contributed by atoms with E-state index in [0.717, 1.165) is 12.8 Å². The quantitative estimate of drug-likeness (QED) is 0.144. The Hall–Kier alpha value is 0.623. The maximum absolute atomic E-state index is 3.83. The fraction of sp³-hybridized carbons (Fsp3) is 0.909. The van der Waals surface area contributed by atoms with Gasteiger partial charge in [0.25, 0.3) is 0 Å². The summed E-state index contributed by atoms with van der Waals surface area (Å²) in [6, 6.07) is 0. The van der Waals surface area contributed by atoms with Crippen LogP contribution in [0.4, 0.5) is 0 Å². The second-order valence-electron chi connectivity index (χ2n) is 6.66. The summed E-state index contributed by atoms with van der Waals surface area (Å²) in [6.45, 7) is 12.2. The van der Waals surface area contributed by atoms with Crippen LogP contribution in [0.25, 0.3) is 0 Å². The first-order chi connectivity index (χ1) is 10.8. The first-order valence-electron chi connectivity index (χ1n) is 10.4. The smallest absolute Gasteiger partial charge is 0.343 e. The summed E-state index contributed by atoms with van der Waals surface area (Å²) >= 11 is 0. The van der Waals surface area contributed by atoms with E-state index in [4.69, 9.17) is 0 Å². The van der Waals surface area contributed by atoms with Gasteiger partial charge in [-0.25, -0.2) is 0 Å². The average Bonchev–Trinajstić information content (AvgIpc) is 2.54. The number of hydrogen-bond acceptors (Lipinski definition) is 0. The van der Waals surface area contributed by atoms with Crippen LogP contribution in [-0.4, -0.2) is 0 Å². The van der Waals surface area contributed by atoms with Gasteiger partial charge in [-0.2, -0.15) is 12.8 Å². The Kier molecular flexibility index (Phi) is 37.7. The van der Waals surface area contributed by atoms with Crippen LogP contribution in [0.5, 0.6) is 0 Å². The van der Waals surface area contributed by atoms with Crippen molar-refractivity contribution in [3.63, 3.8) is 0 Å². The molecular weight excluding hydrogens is 330 g/mol. The molecule has 0 radical (unpaired) electrons. The van der Waals surface area contributed by atoms with Gasteiger partial charge in [-0.15, -0.1) is 0 Å². The Morgan fingerprint density at radius 2 is 0.609 bits per heavy atom. The monoisotopic (exact) mass is 374 g/mol. The Morgan fingerprint density at radius 3 is 0.826 bits per heavy atom. The zero-order valence-electron chi connectivity index (χ0n) is 16.8. The second kappa shape index (κ2) is 30.5. The summed E-state index contributed by atoms with van der Waals surface area (Å²) in [7, 11) is 0. The van der Waals surface area contributed by atoms with Crippen molar-refractivity contribution in [3.8, 4) is 0 Å². The molecule has 0 spiro atoms. The molecule has 0 aliphatic rings. The first kappa shape index (κ1) is 28.4. The van der Waals surface area contributed by atoms with E-state index in [9.17, 15) is 0 Å². The zero-order valence-corrected chi connectivity index (χ0v) is 19.8. The van der Waals surface area contributed by atoms with Crippen LogP contribution in [-0.2, 0) is 19.5 Å². The molecule has 0 unspecified atom stereocenters. The first-order valence-corrected chi connectivity index (χ1v) is 10.4. The van der Waals surface area contributed by atoms with Gasteiger partial charge in [-0.05, 0) is 0 Å². The third-order valence-corrected chi connectivity index (χ3v) is 4.21. The molecule has 0 aliphatic heterocycles. The number of hydrogen-bond donors (Lipinski definition) is 0. The van der Waals surface area contributed by atoms with Gasteiger partial charge in [0.2, 0.25) is 0 Å². The molecule has 0 N–H and O–H groups in total. The molecule has 0 amide bonds. The standard InChI is InChI=1S/2C11H23.Zn/c2*1-3-5-7-9-11-10-8-6-4-2;/h2*1,3-11H2,2H3;/q2*-1;+2. The van der Waals surface area contributed by atoms with Crippen LogP contribution in [0, 0.1) is 13.8 Å². The van der Waals surface area contributed by atoms with Crippen LogP contribution < -0.4 is 0 Å². The van der Waals surface area contributed by atoms with Crippen molar-refractivity contribution in [3.05, 3.63) is 13.8 Å². The topological polar surface area (TPSA) is 0 Å². The molecule has 0 heterocycles. The molecule has 0 bridgehead atoms. The maximum Gasteiger partial charge on any atom is 2.00 e. The van der Waals surface area contributed by atoms with E-state index in [1.165, 1.54) is 103 Å². The molecular formula is C22H46Zn.